The number of nitrogens with two attached hydrogens (primary N) is 1. The first-order chi connectivity index (χ1) is 12.9. The van der Waals surface area contributed by atoms with Crippen LogP contribution in [0.3, 0.4) is 0 Å². The molecule has 0 bridgehead atoms. The molecule has 3 aromatic carbocycles. The van der Waals surface area contributed by atoms with Gasteiger partial charge in [0.25, 0.3) is 0 Å². The molecule has 0 spiro atoms. The highest BCUT2D eigenvalue weighted by Crippen LogP contribution is 2.35. The van der Waals surface area contributed by atoms with Crippen LogP contribution in [0.2, 0.25) is 0 Å². The lowest BCUT2D eigenvalue weighted by Gasteiger charge is -2.13. The molecule has 3 rings (SSSR count). The van der Waals surface area contributed by atoms with Crippen LogP contribution in [-0.2, 0) is 9.84 Å². The summed E-state index contributed by atoms with van der Waals surface area (Å²) in [5.74, 6) is 6.13. The van der Waals surface area contributed by atoms with Crippen molar-refractivity contribution < 1.29 is 22.3 Å². The Morgan fingerprint density at radius 2 is 1.56 bits per heavy atom. The van der Waals surface area contributed by atoms with E-state index in [2.05, 4.69) is 5.43 Å². The van der Waals surface area contributed by atoms with Crippen molar-refractivity contribution in [1.29, 1.82) is 0 Å². The molecule has 0 aliphatic heterocycles. The molecule has 0 fully saturated rings. The molecule has 0 amide bonds. The Bertz CT molecular complexity index is 1050. The van der Waals surface area contributed by atoms with E-state index in [0.717, 1.165) is 6.26 Å². The van der Waals surface area contributed by atoms with Crippen LogP contribution in [0.15, 0.2) is 71.6 Å². The molecule has 3 N–H and O–H groups in total. The zero-order chi connectivity index (χ0) is 19.4. The second-order valence-electron chi connectivity index (χ2n) is 5.68. The highest BCUT2D eigenvalue weighted by atomic mass is 32.2. The van der Waals surface area contributed by atoms with Gasteiger partial charge in [-0.1, -0.05) is 12.1 Å². The third kappa shape index (κ3) is 4.55. The summed E-state index contributed by atoms with van der Waals surface area (Å²) >= 11 is 0. The number of hydrogen-bond donors (Lipinski definition) is 2. The monoisotopic (exact) mass is 388 g/mol. The molecule has 0 unspecified atom stereocenters. The molecule has 0 saturated carbocycles. The smallest absolute Gasteiger partial charge is 0.175 e. The summed E-state index contributed by atoms with van der Waals surface area (Å²) < 4.78 is 48.2. The van der Waals surface area contributed by atoms with Crippen molar-refractivity contribution in [2.45, 2.75) is 4.90 Å². The van der Waals surface area contributed by atoms with E-state index < -0.39 is 15.7 Å². The number of nitrogens with one attached hydrogen (secondary N) is 1. The van der Waals surface area contributed by atoms with E-state index in [1.54, 1.807) is 42.5 Å². The van der Waals surface area contributed by atoms with Gasteiger partial charge in [-0.3, -0.25) is 5.84 Å². The normalized spacial score (nSPS) is 11.1. The number of sulfone groups is 1. The van der Waals surface area contributed by atoms with Gasteiger partial charge >= 0.3 is 0 Å². The molecule has 0 saturated heterocycles. The number of anilines is 1. The standard InChI is InChI=1S/C19H17FN2O4S/c1-27(23,24)15-9-6-13(7-10-15)25-14-8-11-17(22-21)19(12-14)26-18-5-3-2-4-16(18)20/h2-12,22H,21H2,1H3. The largest absolute Gasteiger partial charge is 0.457 e. The predicted octanol–water partition coefficient (Wildman–Crippen LogP) is 4.10. The van der Waals surface area contributed by atoms with E-state index in [9.17, 15) is 12.8 Å². The highest BCUT2D eigenvalue weighted by Gasteiger charge is 2.11. The molecule has 0 aromatic heterocycles. The first-order valence-corrected chi connectivity index (χ1v) is 9.77. The number of ether oxygens (including phenoxy) is 2. The zero-order valence-electron chi connectivity index (χ0n) is 14.3. The van der Waals surface area contributed by atoms with E-state index in [-0.39, 0.29) is 16.4 Å². The molecule has 0 atom stereocenters. The SMILES string of the molecule is CS(=O)(=O)c1ccc(Oc2ccc(NN)c(Oc3ccccc3F)c2)cc1. The molecular formula is C19H17FN2O4S. The van der Waals surface area contributed by atoms with Crippen molar-refractivity contribution in [2.24, 2.45) is 5.84 Å². The van der Waals surface area contributed by atoms with Crippen molar-refractivity contribution >= 4 is 15.5 Å². The number of hydrogen-bond acceptors (Lipinski definition) is 6. The third-order valence-electron chi connectivity index (χ3n) is 3.65. The molecule has 0 radical (unpaired) electrons. The summed E-state index contributed by atoms with van der Waals surface area (Å²) in [7, 11) is -3.28. The number of rotatable bonds is 6. The topological polar surface area (TPSA) is 90.7 Å². The maximum absolute atomic E-state index is 13.8. The fourth-order valence-corrected chi connectivity index (χ4v) is 2.94. The van der Waals surface area contributed by atoms with Gasteiger partial charge in [-0.15, -0.1) is 0 Å². The summed E-state index contributed by atoms with van der Waals surface area (Å²) in [5.41, 5.74) is 2.92. The summed E-state index contributed by atoms with van der Waals surface area (Å²) in [6.07, 6.45) is 1.13. The first kappa shape index (κ1) is 18.7. The lowest BCUT2D eigenvalue weighted by Crippen LogP contribution is -2.08. The Kier molecular flexibility index (Phi) is 5.29. The van der Waals surface area contributed by atoms with Crippen LogP contribution >= 0.6 is 0 Å². The van der Waals surface area contributed by atoms with E-state index >= 15 is 0 Å². The molecule has 8 heteroatoms. The van der Waals surface area contributed by atoms with Gasteiger partial charge < -0.3 is 14.9 Å². The van der Waals surface area contributed by atoms with E-state index in [1.165, 1.54) is 24.3 Å². The second-order valence-corrected chi connectivity index (χ2v) is 7.70. The third-order valence-corrected chi connectivity index (χ3v) is 4.78. The van der Waals surface area contributed by atoms with E-state index in [0.29, 0.717) is 17.2 Å². The number of halogens is 1. The molecular weight excluding hydrogens is 371 g/mol. The Morgan fingerprint density at radius 1 is 0.889 bits per heavy atom. The molecule has 27 heavy (non-hydrogen) atoms. The van der Waals surface area contributed by atoms with Crippen molar-refractivity contribution in [3.05, 3.63) is 72.5 Å². The number of para-hydroxylation sites is 1. The number of hydrazine groups is 1. The second kappa shape index (κ2) is 7.65. The average Bonchev–Trinajstić information content (AvgIpc) is 2.64. The highest BCUT2D eigenvalue weighted by molar-refractivity contribution is 7.90. The minimum Gasteiger partial charge on any atom is -0.457 e. The van der Waals surface area contributed by atoms with Gasteiger partial charge in [-0.05, 0) is 48.5 Å². The minimum absolute atomic E-state index is 0.0451. The Balaban J connectivity index is 1.86. The van der Waals surface area contributed by atoms with Gasteiger partial charge in [0.15, 0.2) is 27.2 Å². The van der Waals surface area contributed by atoms with Crippen molar-refractivity contribution in [3.8, 4) is 23.0 Å². The maximum atomic E-state index is 13.8. The molecule has 3 aromatic rings. The van der Waals surface area contributed by atoms with Gasteiger partial charge in [0.05, 0.1) is 10.6 Å². The molecule has 0 heterocycles. The van der Waals surface area contributed by atoms with Crippen LogP contribution in [0.25, 0.3) is 0 Å². The fraction of sp³-hybridized carbons (Fsp3) is 0.0526. The number of nitrogen functional groups attached to an aromatic ring is 1. The zero-order valence-corrected chi connectivity index (χ0v) is 15.2. The lowest BCUT2D eigenvalue weighted by atomic mass is 10.2. The first-order valence-electron chi connectivity index (χ1n) is 7.88. The minimum atomic E-state index is -3.28. The van der Waals surface area contributed by atoms with Crippen LogP contribution in [-0.4, -0.2) is 14.7 Å². The summed E-state index contributed by atoms with van der Waals surface area (Å²) in [6.45, 7) is 0. The molecule has 6 nitrogen and oxygen atoms in total. The van der Waals surface area contributed by atoms with Crippen molar-refractivity contribution in [1.82, 2.24) is 0 Å². The predicted molar refractivity (Wildman–Crippen MR) is 100 cm³/mol. The van der Waals surface area contributed by atoms with Crippen LogP contribution in [0.1, 0.15) is 0 Å². The Labute approximate surface area is 156 Å². The summed E-state index contributed by atoms with van der Waals surface area (Å²) in [6, 6.07) is 16.8. The van der Waals surface area contributed by atoms with E-state index in [4.69, 9.17) is 15.3 Å². The van der Waals surface area contributed by atoms with Crippen molar-refractivity contribution in [3.63, 3.8) is 0 Å². The average molecular weight is 388 g/mol. The van der Waals surface area contributed by atoms with Gasteiger partial charge in [0.1, 0.15) is 11.5 Å². The molecule has 0 aliphatic rings. The van der Waals surface area contributed by atoms with Crippen LogP contribution < -0.4 is 20.7 Å². The summed E-state index contributed by atoms with van der Waals surface area (Å²) in [4.78, 5) is 0.195. The van der Waals surface area contributed by atoms with E-state index in [1.807, 2.05) is 0 Å². The maximum Gasteiger partial charge on any atom is 0.175 e. The summed E-state index contributed by atoms with van der Waals surface area (Å²) in [5, 5.41) is 0. The van der Waals surface area contributed by atoms with Gasteiger partial charge in [0, 0.05) is 12.3 Å². The van der Waals surface area contributed by atoms with Crippen LogP contribution in [0, 0.1) is 5.82 Å². The van der Waals surface area contributed by atoms with Gasteiger partial charge in [-0.2, -0.15) is 0 Å². The fourth-order valence-electron chi connectivity index (χ4n) is 2.31. The quantitative estimate of drug-likeness (QED) is 0.488. The lowest BCUT2D eigenvalue weighted by molar-refractivity contribution is 0.436. The van der Waals surface area contributed by atoms with Gasteiger partial charge in [-0.25, -0.2) is 12.8 Å². The Hall–Kier alpha value is -3.10. The molecule has 0 aliphatic carbocycles. The van der Waals surface area contributed by atoms with Crippen LogP contribution in [0.5, 0.6) is 23.0 Å². The van der Waals surface area contributed by atoms with Crippen molar-refractivity contribution in [2.75, 3.05) is 11.7 Å². The number of benzene rings is 3. The van der Waals surface area contributed by atoms with Crippen LogP contribution in [0.4, 0.5) is 10.1 Å². The van der Waals surface area contributed by atoms with Gasteiger partial charge in [0.2, 0.25) is 0 Å². The Morgan fingerprint density at radius 3 is 2.19 bits per heavy atom. The molecule has 140 valence electrons.